The molecular formula is C37H46N2O8. The van der Waals surface area contributed by atoms with Crippen LogP contribution in [0.2, 0.25) is 0 Å². The Kier molecular flexibility index (Phi) is 8.97. The maximum absolute atomic E-state index is 13.8. The van der Waals surface area contributed by atoms with Gasteiger partial charge in [0.05, 0.1) is 11.6 Å². The van der Waals surface area contributed by atoms with Crippen LogP contribution >= 0.6 is 0 Å². The molecule has 1 aromatic heterocycles. The minimum atomic E-state index is -1.16. The Morgan fingerprint density at radius 2 is 1.83 bits per heavy atom. The molecule has 4 aliphatic rings. The number of nitrogens with one attached hydrogen (secondary N) is 1. The van der Waals surface area contributed by atoms with Gasteiger partial charge in [0, 0.05) is 42.2 Å². The third-order valence-electron chi connectivity index (χ3n) is 10.9. The third-order valence-corrected chi connectivity index (χ3v) is 10.9. The quantitative estimate of drug-likeness (QED) is 0.310. The number of carbonyl (C=O) groups excluding carboxylic acids is 3. The van der Waals surface area contributed by atoms with Crippen molar-refractivity contribution in [3.63, 3.8) is 0 Å². The van der Waals surface area contributed by atoms with Crippen LogP contribution in [-0.4, -0.2) is 76.0 Å². The predicted molar refractivity (Wildman–Crippen MR) is 173 cm³/mol. The van der Waals surface area contributed by atoms with E-state index in [4.69, 9.17) is 18.9 Å². The van der Waals surface area contributed by atoms with E-state index in [0.29, 0.717) is 23.2 Å². The number of aromatic amines is 1. The van der Waals surface area contributed by atoms with Crippen LogP contribution in [0.15, 0.2) is 66.4 Å². The maximum atomic E-state index is 13.8. The van der Waals surface area contributed by atoms with Crippen LogP contribution in [0.4, 0.5) is 0 Å². The van der Waals surface area contributed by atoms with Crippen molar-refractivity contribution in [2.45, 2.75) is 90.2 Å². The number of rotatable bonds is 7. The molecule has 1 unspecified atom stereocenters. The molecule has 2 bridgehead atoms. The second kappa shape index (κ2) is 12.7. The number of aliphatic hydroxyl groups is 1. The van der Waals surface area contributed by atoms with E-state index in [9.17, 15) is 19.5 Å². The number of aliphatic hydroxyl groups excluding tert-OH is 1. The van der Waals surface area contributed by atoms with Crippen LogP contribution in [-0.2, 0) is 23.7 Å². The minimum absolute atomic E-state index is 0.0169. The summed E-state index contributed by atoms with van der Waals surface area (Å²) >= 11 is 0. The van der Waals surface area contributed by atoms with Crippen molar-refractivity contribution in [1.29, 1.82) is 0 Å². The molecule has 0 saturated carbocycles. The number of carbonyl (C=O) groups is 3. The first kappa shape index (κ1) is 33.2. The molecule has 11 atom stereocenters. The zero-order valence-electron chi connectivity index (χ0n) is 28.1. The summed E-state index contributed by atoms with van der Waals surface area (Å²) in [7, 11) is 1.49. The Hall–Kier alpha value is -3.73. The number of H-pyrrole nitrogens is 1. The number of hydrogen-bond acceptors (Lipinski definition) is 8. The highest BCUT2D eigenvalue weighted by molar-refractivity contribution is 5.99. The van der Waals surface area contributed by atoms with E-state index in [1.165, 1.54) is 12.0 Å². The summed E-state index contributed by atoms with van der Waals surface area (Å²) in [5.41, 5.74) is 1.50. The summed E-state index contributed by atoms with van der Waals surface area (Å²) in [4.78, 5) is 44.7. The molecule has 2 N–H and O–H groups in total. The van der Waals surface area contributed by atoms with Crippen molar-refractivity contribution >= 4 is 17.8 Å². The van der Waals surface area contributed by atoms with Crippen LogP contribution in [0.1, 0.15) is 80.6 Å². The van der Waals surface area contributed by atoms with Crippen molar-refractivity contribution in [2.24, 2.45) is 29.6 Å². The fraction of sp³-hybridized carbons (Fsp3) is 0.541. The zero-order valence-corrected chi connectivity index (χ0v) is 28.1. The van der Waals surface area contributed by atoms with Crippen LogP contribution < -0.4 is 0 Å². The highest BCUT2D eigenvalue weighted by Crippen LogP contribution is 2.56. The molecule has 10 heteroatoms. The minimum Gasteiger partial charge on any atom is -0.458 e. The molecule has 1 saturated heterocycles. The lowest BCUT2D eigenvalue weighted by Gasteiger charge is -2.45. The predicted octanol–water partition coefficient (Wildman–Crippen LogP) is 5.22. The SMILES string of the molecule is CO[C@H]1C[C@H]2C=C[C@H]3[C@H]([C@H](OC(=O)c4ccc[nH]4)C(C)C)O[C@]2(/C(C)=C/[C@@H](C)[C@@H]([C@H](C)N2C(=O)c4ccccc4C2O)OC1=O)[C@@H]3C. The Bertz CT molecular complexity index is 1570. The largest absolute Gasteiger partial charge is 0.458 e. The first-order chi connectivity index (χ1) is 22.4. The number of nitrogens with zero attached hydrogens (tertiary/aromatic N) is 1. The Morgan fingerprint density at radius 1 is 1.09 bits per heavy atom. The molecule has 1 aliphatic carbocycles. The van der Waals surface area contributed by atoms with Crippen molar-refractivity contribution in [3.05, 3.63) is 83.2 Å². The number of cyclic esters (lactones) is 1. The molecule has 10 nitrogen and oxygen atoms in total. The first-order valence-electron chi connectivity index (χ1n) is 16.6. The van der Waals surface area contributed by atoms with Gasteiger partial charge in [-0.3, -0.25) is 4.79 Å². The van der Waals surface area contributed by atoms with E-state index in [2.05, 4.69) is 30.1 Å². The Morgan fingerprint density at radius 3 is 2.49 bits per heavy atom. The van der Waals surface area contributed by atoms with Crippen LogP contribution in [0.25, 0.3) is 0 Å². The third kappa shape index (κ3) is 5.44. The number of fused-ring (bicyclic) bond motifs is 2. The average molecular weight is 647 g/mol. The second-order valence-electron chi connectivity index (χ2n) is 13.9. The fourth-order valence-corrected chi connectivity index (χ4v) is 8.48. The number of esters is 2. The van der Waals surface area contributed by atoms with Gasteiger partial charge in [-0.15, -0.1) is 0 Å². The van der Waals surface area contributed by atoms with Gasteiger partial charge in [0.1, 0.15) is 24.0 Å². The molecule has 1 fully saturated rings. The highest BCUT2D eigenvalue weighted by atomic mass is 16.6. The summed E-state index contributed by atoms with van der Waals surface area (Å²) in [5.74, 6) is -1.96. The monoisotopic (exact) mass is 646 g/mol. The molecule has 0 radical (unpaired) electrons. The van der Waals surface area contributed by atoms with E-state index >= 15 is 0 Å². The van der Waals surface area contributed by atoms with Gasteiger partial charge < -0.3 is 33.9 Å². The van der Waals surface area contributed by atoms with Gasteiger partial charge in [-0.05, 0) is 55.9 Å². The lowest BCUT2D eigenvalue weighted by Crippen LogP contribution is -2.52. The number of aromatic nitrogens is 1. The lowest BCUT2D eigenvalue weighted by molar-refractivity contribution is -0.171. The van der Waals surface area contributed by atoms with Gasteiger partial charge >= 0.3 is 11.9 Å². The molecule has 1 aromatic carbocycles. The van der Waals surface area contributed by atoms with Gasteiger partial charge in [-0.1, -0.05) is 64.1 Å². The number of benzene rings is 1. The summed E-state index contributed by atoms with van der Waals surface area (Å²) < 4.78 is 25.3. The lowest BCUT2D eigenvalue weighted by atomic mass is 9.64. The van der Waals surface area contributed by atoms with E-state index in [0.717, 1.165) is 5.57 Å². The summed E-state index contributed by atoms with van der Waals surface area (Å²) in [5, 5.41) is 11.2. The van der Waals surface area contributed by atoms with E-state index < -0.39 is 54.2 Å². The van der Waals surface area contributed by atoms with Gasteiger partial charge in [0.15, 0.2) is 12.3 Å². The van der Waals surface area contributed by atoms with E-state index in [1.807, 2.05) is 27.7 Å². The van der Waals surface area contributed by atoms with Crippen molar-refractivity contribution in [2.75, 3.05) is 7.11 Å². The van der Waals surface area contributed by atoms with E-state index in [1.54, 1.807) is 49.5 Å². The maximum Gasteiger partial charge on any atom is 0.355 e. The van der Waals surface area contributed by atoms with Crippen molar-refractivity contribution < 1.29 is 38.4 Å². The summed E-state index contributed by atoms with van der Waals surface area (Å²) in [6, 6.07) is 9.77. The molecule has 4 heterocycles. The molecular weight excluding hydrogens is 600 g/mol. The van der Waals surface area contributed by atoms with E-state index in [-0.39, 0.29) is 35.5 Å². The molecule has 3 aliphatic heterocycles. The zero-order chi connectivity index (χ0) is 33.8. The van der Waals surface area contributed by atoms with Gasteiger partial charge in [-0.25, -0.2) is 9.59 Å². The van der Waals surface area contributed by atoms with Gasteiger partial charge in [0.2, 0.25) is 0 Å². The smallest absolute Gasteiger partial charge is 0.355 e. The highest BCUT2D eigenvalue weighted by Gasteiger charge is 2.61. The van der Waals surface area contributed by atoms with Crippen molar-refractivity contribution in [3.8, 4) is 0 Å². The number of hydrogen-bond donors (Lipinski definition) is 2. The standard InChI is InChI=1S/C37H46N2O8/c1-19(2)30(45-35(42)28-13-10-16-38-28)32-25-15-14-24-18-29(44-7)36(43)46-31(20(3)17-21(4)37(24,47-32)22(25)5)23(6)39-33(40)26-11-8-9-12-27(26)34(39)41/h8-17,19-20,22-25,29-33,38,40H,18H2,1-7H3/b21-17+/t20-,22-,23+,24-,25-,29+,30-,31+,32-,33?,37-/m1/s1. The molecule has 2 aromatic rings. The normalized spacial score (nSPS) is 35.9. The first-order valence-corrected chi connectivity index (χ1v) is 16.6. The molecule has 252 valence electrons. The van der Waals surface area contributed by atoms with Crippen LogP contribution in [0.3, 0.4) is 0 Å². The Labute approximate surface area is 276 Å². The molecule has 47 heavy (non-hydrogen) atoms. The summed E-state index contributed by atoms with van der Waals surface area (Å²) in [6.07, 6.45) is 4.54. The van der Waals surface area contributed by atoms with Crippen LogP contribution in [0.5, 0.6) is 0 Å². The average Bonchev–Trinajstić information content (AvgIpc) is 3.71. The van der Waals surface area contributed by atoms with Gasteiger partial charge in [0.25, 0.3) is 5.91 Å². The second-order valence-corrected chi connectivity index (χ2v) is 13.9. The topological polar surface area (TPSA) is 127 Å². The molecule has 1 spiro atoms. The number of methoxy groups -OCH3 is 1. The summed E-state index contributed by atoms with van der Waals surface area (Å²) in [6.45, 7) is 12.0. The van der Waals surface area contributed by atoms with Crippen LogP contribution in [0, 0.1) is 29.6 Å². The number of ether oxygens (including phenoxy) is 4. The van der Waals surface area contributed by atoms with Crippen molar-refractivity contribution in [1.82, 2.24) is 9.88 Å². The number of amides is 1. The van der Waals surface area contributed by atoms with Gasteiger partial charge in [-0.2, -0.15) is 0 Å². The fourth-order valence-electron chi connectivity index (χ4n) is 8.48. The molecule has 6 rings (SSSR count). The Balaban J connectivity index is 1.36. The molecule has 1 amide bonds.